The molecule has 1 saturated heterocycles. The van der Waals surface area contributed by atoms with Crippen LogP contribution in [0.2, 0.25) is 0 Å². The van der Waals surface area contributed by atoms with Gasteiger partial charge in [-0.15, -0.1) is 0 Å². The highest BCUT2D eigenvalue weighted by Gasteiger charge is 2.40. The van der Waals surface area contributed by atoms with Gasteiger partial charge in [-0.1, -0.05) is 52.4 Å². The molecule has 0 aromatic heterocycles. The summed E-state index contributed by atoms with van der Waals surface area (Å²) in [5.41, 5.74) is -0.698. The van der Waals surface area contributed by atoms with Crippen LogP contribution in [0.1, 0.15) is 72.1 Å². The fourth-order valence-corrected chi connectivity index (χ4v) is 2.67. The first kappa shape index (κ1) is 17.0. The Hall–Kier alpha value is -1.06. The average Bonchev–Trinajstić information content (AvgIpc) is 2.43. The molecule has 0 aromatic rings. The van der Waals surface area contributed by atoms with Crippen molar-refractivity contribution in [1.82, 2.24) is 10.2 Å². The minimum absolute atomic E-state index is 0.0307. The second kappa shape index (κ2) is 8.28. The predicted molar refractivity (Wildman–Crippen MR) is 81.4 cm³/mol. The molecular weight excluding hydrogens is 252 g/mol. The van der Waals surface area contributed by atoms with E-state index in [0.717, 1.165) is 19.4 Å². The number of nitrogens with zero attached hydrogens (tertiary/aromatic N) is 1. The first-order valence-corrected chi connectivity index (χ1v) is 8.14. The van der Waals surface area contributed by atoms with Crippen LogP contribution < -0.4 is 5.32 Å². The summed E-state index contributed by atoms with van der Waals surface area (Å²) in [4.78, 5) is 25.8. The van der Waals surface area contributed by atoms with Gasteiger partial charge < -0.3 is 10.2 Å². The number of hydrogen-bond acceptors (Lipinski definition) is 2. The first-order chi connectivity index (χ1) is 9.53. The Morgan fingerprint density at radius 3 is 2.25 bits per heavy atom. The van der Waals surface area contributed by atoms with Crippen molar-refractivity contribution in [2.45, 2.75) is 77.7 Å². The molecule has 0 aliphatic carbocycles. The van der Waals surface area contributed by atoms with Gasteiger partial charge in [0.1, 0.15) is 5.54 Å². The minimum atomic E-state index is -0.698. The maximum absolute atomic E-state index is 12.3. The number of carbonyl (C=O) groups is 2. The molecule has 1 heterocycles. The molecule has 1 rings (SSSR count). The number of unbranched alkanes of at least 4 members (excludes halogenated alkanes) is 6. The second-order valence-electron chi connectivity index (χ2n) is 6.08. The SMILES string of the molecule is CCCCCCCCCN1CC(=O)NC(C)(CC)C1=O. The monoisotopic (exact) mass is 282 g/mol. The van der Waals surface area contributed by atoms with E-state index in [1.807, 2.05) is 13.8 Å². The summed E-state index contributed by atoms with van der Waals surface area (Å²) in [6.45, 7) is 6.93. The van der Waals surface area contributed by atoms with Crippen molar-refractivity contribution >= 4 is 11.8 Å². The van der Waals surface area contributed by atoms with Gasteiger partial charge in [0.15, 0.2) is 0 Å². The van der Waals surface area contributed by atoms with Crippen LogP contribution in [-0.2, 0) is 9.59 Å². The summed E-state index contributed by atoms with van der Waals surface area (Å²) >= 11 is 0. The Labute approximate surface area is 123 Å². The lowest BCUT2D eigenvalue weighted by molar-refractivity contribution is -0.149. The van der Waals surface area contributed by atoms with Gasteiger partial charge in [0.2, 0.25) is 11.8 Å². The molecule has 1 aliphatic heterocycles. The Morgan fingerprint density at radius 1 is 1.05 bits per heavy atom. The molecule has 0 radical (unpaired) electrons. The highest BCUT2D eigenvalue weighted by Crippen LogP contribution is 2.18. The van der Waals surface area contributed by atoms with E-state index in [0.29, 0.717) is 6.42 Å². The molecule has 0 bridgehead atoms. The van der Waals surface area contributed by atoms with Crippen LogP contribution in [0.4, 0.5) is 0 Å². The van der Waals surface area contributed by atoms with Crippen molar-refractivity contribution < 1.29 is 9.59 Å². The molecule has 1 N–H and O–H groups in total. The maximum atomic E-state index is 12.3. The summed E-state index contributed by atoms with van der Waals surface area (Å²) in [5, 5.41) is 2.82. The number of piperazine rings is 1. The molecule has 1 aliphatic rings. The zero-order valence-corrected chi connectivity index (χ0v) is 13.3. The smallest absolute Gasteiger partial charge is 0.248 e. The normalized spacial score (nSPS) is 23.1. The van der Waals surface area contributed by atoms with E-state index < -0.39 is 5.54 Å². The van der Waals surface area contributed by atoms with Crippen molar-refractivity contribution in [1.29, 1.82) is 0 Å². The standard InChI is InChI=1S/C16H30N2O2/c1-4-6-7-8-9-10-11-12-18-13-14(19)17-16(3,5-2)15(18)20/h4-13H2,1-3H3,(H,17,19). The molecule has 0 aromatic carbocycles. The van der Waals surface area contributed by atoms with E-state index in [2.05, 4.69) is 12.2 Å². The van der Waals surface area contributed by atoms with Crippen molar-refractivity contribution in [3.05, 3.63) is 0 Å². The van der Waals surface area contributed by atoms with Gasteiger partial charge in [-0.25, -0.2) is 0 Å². The molecule has 0 spiro atoms. The van der Waals surface area contributed by atoms with Crippen molar-refractivity contribution in [2.75, 3.05) is 13.1 Å². The van der Waals surface area contributed by atoms with Crippen LogP contribution in [0.25, 0.3) is 0 Å². The van der Waals surface area contributed by atoms with Crippen LogP contribution in [0.15, 0.2) is 0 Å². The molecule has 4 nitrogen and oxygen atoms in total. The third-order valence-electron chi connectivity index (χ3n) is 4.25. The van der Waals surface area contributed by atoms with Gasteiger partial charge in [-0.05, 0) is 19.8 Å². The topological polar surface area (TPSA) is 49.4 Å². The summed E-state index contributed by atoms with van der Waals surface area (Å²) in [5.74, 6) is 0.0440. The highest BCUT2D eigenvalue weighted by molar-refractivity contribution is 5.97. The van der Waals surface area contributed by atoms with E-state index >= 15 is 0 Å². The molecule has 20 heavy (non-hydrogen) atoms. The zero-order valence-electron chi connectivity index (χ0n) is 13.3. The van der Waals surface area contributed by atoms with Gasteiger partial charge in [-0.3, -0.25) is 9.59 Å². The minimum Gasteiger partial charge on any atom is -0.340 e. The van der Waals surface area contributed by atoms with E-state index in [1.165, 1.54) is 32.1 Å². The Bertz CT molecular complexity index is 330. The zero-order chi connectivity index (χ0) is 15.0. The molecule has 1 fully saturated rings. The molecule has 116 valence electrons. The quantitative estimate of drug-likeness (QED) is 0.661. The predicted octanol–water partition coefficient (Wildman–Crippen LogP) is 2.86. The fourth-order valence-electron chi connectivity index (χ4n) is 2.67. The number of rotatable bonds is 9. The van der Waals surface area contributed by atoms with E-state index in [1.54, 1.807) is 4.90 Å². The van der Waals surface area contributed by atoms with Crippen LogP contribution in [0.5, 0.6) is 0 Å². The number of nitrogens with one attached hydrogen (secondary N) is 1. The highest BCUT2D eigenvalue weighted by atomic mass is 16.2. The summed E-state index contributed by atoms with van der Waals surface area (Å²) < 4.78 is 0. The maximum Gasteiger partial charge on any atom is 0.248 e. The lowest BCUT2D eigenvalue weighted by Crippen LogP contribution is -2.65. The third kappa shape index (κ3) is 4.80. The van der Waals surface area contributed by atoms with Crippen molar-refractivity contribution in [3.8, 4) is 0 Å². The first-order valence-electron chi connectivity index (χ1n) is 8.14. The van der Waals surface area contributed by atoms with E-state index in [4.69, 9.17) is 0 Å². The number of carbonyl (C=O) groups excluding carboxylic acids is 2. The molecular formula is C16H30N2O2. The summed E-state index contributed by atoms with van der Waals surface area (Å²) in [6, 6.07) is 0. The lowest BCUT2D eigenvalue weighted by atomic mass is 9.94. The third-order valence-corrected chi connectivity index (χ3v) is 4.25. The van der Waals surface area contributed by atoms with Gasteiger partial charge in [0.25, 0.3) is 0 Å². The van der Waals surface area contributed by atoms with Crippen LogP contribution in [-0.4, -0.2) is 35.3 Å². The largest absolute Gasteiger partial charge is 0.340 e. The van der Waals surface area contributed by atoms with Crippen molar-refractivity contribution in [3.63, 3.8) is 0 Å². The average molecular weight is 282 g/mol. The van der Waals surface area contributed by atoms with Crippen LogP contribution in [0.3, 0.4) is 0 Å². The number of amides is 2. The Kier molecular flexibility index (Phi) is 7.03. The van der Waals surface area contributed by atoms with Gasteiger partial charge in [0, 0.05) is 6.54 Å². The number of hydrogen-bond donors (Lipinski definition) is 1. The van der Waals surface area contributed by atoms with E-state index in [-0.39, 0.29) is 18.4 Å². The summed E-state index contributed by atoms with van der Waals surface area (Å²) in [7, 11) is 0. The van der Waals surface area contributed by atoms with Gasteiger partial charge in [-0.2, -0.15) is 0 Å². The van der Waals surface area contributed by atoms with Crippen LogP contribution >= 0.6 is 0 Å². The Morgan fingerprint density at radius 2 is 1.65 bits per heavy atom. The fraction of sp³-hybridized carbons (Fsp3) is 0.875. The van der Waals surface area contributed by atoms with Crippen LogP contribution in [0, 0.1) is 0 Å². The molecule has 2 amide bonds. The molecule has 0 saturated carbocycles. The van der Waals surface area contributed by atoms with Gasteiger partial charge in [0.05, 0.1) is 6.54 Å². The molecule has 1 atom stereocenters. The molecule has 1 unspecified atom stereocenters. The second-order valence-corrected chi connectivity index (χ2v) is 6.08. The molecule has 4 heteroatoms. The van der Waals surface area contributed by atoms with E-state index in [9.17, 15) is 9.59 Å². The van der Waals surface area contributed by atoms with Crippen molar-refractivity contribution in [2.24, 2.45) is 0 Å². The van der Waals surface area contributed by atoms with Gasteiger partial charge >= 0.3 is 0 Å². The Balaban J connectivity index is 2.28. The summed E-state index contributed by atoms with van der Waals surface area (Å²) in [6.07, 6.45) is 9.23. The lowest BCUT2D eigenvalue weighted by Gasteiger charge is -2.39.